The number of unbranched alkanes of at least 4 members (excludes halogenated alkanes) is 2. The van der Waals surface area contributed by atoms with E-state index in [0.29, 0.717) is 5.75 Å². The van der Waals surface area contributed by atoms with Gasteiger partial charge in [-0.1, -0.05) is 38.3 Å². The van der Waals surface area contributed by atoms with Gasteiger partial charge >= 0.3 is 0 Å². The summed E-state index contributed by atoms with van der Waals surface area (Å²) >= 11 is 0. The average Bonchev–Trinajstić information content (AvgIpc) is 2.19. The van der Waals surface area contributed by atoms with Crippen molar-refractivity contribution < 1.29 is 5.11 Å². The standard InChI is InChI=1S/C12H19NO.ClH/c1-2-3-4-5-12(13)10-6-8-11(14)9-7-10;/h6-9,12,14H,2-5,13H2,1H3;1H/t12-;/m0./s1. The van der Waals surface area contributed by atoms with Gasteiger partial charge in [-0.05, 0) is 24.1 Å². The summed E-state index contributed by atoms with van der Waals surface area (Å²) in [4.78, 5) is 0. The van der Waals surface area contributed by atoms with Crippen molar-refractivity contribution in [1.29, 1.82) is 0 Å². The molecule has 0 fully saturated rings. The van der Waals surface area contributed by atoms with Crippen LogP contribution in [0.3, 0.4) is 0 Å². The molecular weight excluding hydrogens is 210 g/mol. The molecule has 0 aromatic heterocycles. The minimum atomic E-state index is 0. The lowest BCUT2D eigenvalue weighted by Crippen LogP contribution is -2.09. The Hall–Kier alpha value is -0.730. The number of nitrogens with two attached hydrogens (primary N) is 1. The highest BCUT2D eigenvalue weighted by Crippen LogP contribution is 2.19. The van der Waals surface area contributed by atoms with E-state index >= 15 is 0 Å². The molecule has 0 unspecified atom stereocenters. The third-order valence-electron chi connectivity index (χ3n) is 2.44. The molecule has 1 atom stereocenters. The highest BCUT2D eigenvalue weighted by atomic mass is 35.5. The molecule has 0 bridgehead atoms. The van der Waals surface area contributed by atoms with Crippen molar-refractivity contribution >= 4 is 12.4 Å². The number of phenols is 1. The van der Waals surface area contributed by atoms with Gasteiger partial charge in [0.25, 0.3) is 0 Å². The molecule has 3 heteroatoms. The third-order valence-corrected chi connectivity index (χ3v) is 2.44. The fourth-order valence-corrected chi connectivity index (χ4v) is 1.50. The number of aromatic hydroxyl groups is 1. The maximum absolute atomic E-state index is 9.11. The monoisotopic (exact) mass is 229 g/mol. The predicted octanol–water partition coefficient (Wildman–Crippen LogP) is 3.39. The number of benzene rings is 1. The molecule has 0 spiro atoms. The van der Waals surface area contributed by atoms with Gasteiger partial charge in [0.05, 0.1) is 0 Å². The molecule has 1 aromatic carbocycles. The molecule has 0 saturated carbocycles. The van der Waals surface area contributed by atoms with E-state index in [9.17, 15) is 0 Å². The zero-order chi connectivity index (χ0) is 10.4. The molecule has 0 radical (unpaired) electrons. The summed E-state index contributed by atoms with van der Waals surface area (Å²) in [6, 6.07) is 7.28. The first-order chi connectivity index (χ1) is 6.74. The fraction of sp³-hybridized carbons (Fsp3) is 0.500. The summed E-state index contributed by atoms with van der Waals surface area (Å²) in [5.74, 6) is 0.300. The van der Waals surface area contributed by atoms with Crippen molar-refractivity contribution in [2.75, 3.05) is 0 Å². The van der Waals surface area contributed by atoms with Gasteiger partial charge in [-0.3, -0.25) is 0 Å². The van der Waals surface area contributed by atoms with E-state index in [0.717, 1.165) is 12.0 Å². The molecule has 0 heterocycles. The smallest absolute Gasteiger partial charge is 0.115 e. The van der Waals surface area contributed by atoms with Crippen LogP contribution in [0.5, 0.6) is 5.75 Å². The zero-order valence-electron chi connectivity index (χ0n) is 9.15. The third kappa shape index (κ3) is 5.05. The second-order valence-electron chi connectivity index (χ2n) is 3.69. The van der Waals surface area contributed by atoms with Crippen LogP contribution in [0.25, 0.3) is 0 Å². The van der Waals surface area contributed by atoms with Crippen LogP contribution in [-0.2, 0) is 0 Å². The summed E-state index contributed by atoms with van der Waals surface area (Å²) in [5, 5.41) is 9.11. The van der Waals surface area contributed by atoms with Crippen molar-refractivity contribution in [1.82, 2.24) is 0 Å². The summed E-state index contributed by atoms with van der Waals surface area (Å²) < 4.78 is 0. The van der Waals surface area contributed by atoms with Crippen molar-refractivity contribution in [3.8, 4) is 5.75 Å². The van der Waals surface area contributed by atoms with Crippen LogP contribution in [0, 0.1) is 0 Å². The van der Waals surface area contributed by atoms with Crippen LogP contribution in [0.1, 0.15) is 44.2 Å². The topological polar surface area (TPSA) is 46.2 Å². The number of rotatable bonds is 5. The Bertz CT molecular complexity index is 261. The maximum Gasteiger partial charge on any atom is 0.115 e. The van der Waals surface area contributed by atoms with Gasteiger partial charge in [-0.2, -0.15) is 0 Å². The van der Waals surface area contributed by atoms with E-state index < -0.39 is 0 Å². The molecule has 0 aliphatic heterocycles. The van der Waals surface area contributed by atoms with Crippen molar-refractivity contribution in [2.24, 2.45) is 5.73 Å². The number of hydrogen-bond acceptors (Lipinski definition) is 2. The zero-order valence-corrected chi connectivity index (χ0v) is 9.96. The van der Waals surface area contributed by atoms with E-state index in [2.05, 4.69) is 6.92 Å². The molecule has 0 aliphatic rings. The summed E-state index contributed by atoms with van der Waals surface area (Å²) in [6.07, 6.45) is 4.67. The van der Waals surface area contributed by atoms with Crippen LogP contribution >= 0.6 is 12.4 Å². The van der Waals surface area contributed by atoms with Crippen LogP contribution in [0.15, 0.2) is 24.3 Å². The summed E-state index contributed by atoms with van der Waals surface area (Å²) in [7, 11) is 0. The Morgan fingerprint density at radius 1 is 1.20 bits per heavy atom. The highest BCUT2D eigenvalue weighted by Gasteiger charge is 2.04. The molecule has 3 N–H and O–H groups in total. The van der Waals surface area contributed by atoms with Gasteiger partial charge in [-0.15, -0.1) is 12.4 Å². The molecule has 86 valence electrons. The largest absolute Gasteiger partial charge is 0.508 e. The van der Waals surface area contributed by atoms with Crippen molar-refractivity contribution in [3.63, 3.8) is 0 Å². The number of hydrogen-bond donors (Lipinski definition) is 2. The second-order valence-corrected chi connectivity index (χ2v) is 3.69. The Labute approximate surface area is 97.9 Å². The van der Waals surface area contributed by atoms with Crippen LogP contribution < -0.4 is 5.73 Å². The maximum atomic E-state index is 9.11. The summed E-state index contributed by atoms with van der Waals surface area (Å²) in [5.41, 5.74) is 7.11. The molecule has 1 aromatic rings. The molecular formula is C12H20ClNO. The second kappa shape index (κ2) is 7.55. The van der Waals surface area contributed by atoms with Crippen LogP contribution in [0.2, 0.25) is 0 Å². The SMILES string of the molecule is CCCCC[C@H](N)c1ccc(O)cc1.Cl. The lowest BCUT2D eigenvalue weighted by atomic mass is 10.0. The molecule has 2 nitrogen and oxygen atoms in total. The van der Waals surface area contributed by atoms with Crippen molar-refractivity contribution in [3.05, 3.63) is 29.8 Å². The first-order valence-corrected chi connectivity index (χ1v) is 5.28. The highest BCUT2D eigenvalue weighted by molar-refractivity contribution is 5.85. The predicted molar refractivity (Wildman–Crippen MR) is 66.4 cm³/mol. The van der Waals surface area contributed by atoms with E-state index in [4.69, 9.17) is 10.8 Å². The van der Waals surface area contributed by atoms with E-state index in [1.54, 1.807) is 12.1 Å². The molecule has 1 rings (SSSR count). The van der Waals surface area contributed by atoms with Gasteiger partial charge in [0.15, 0.2) is 0 Å². The average molecular weight is 230 g/mol. The normalized spacial score (nSPS) is 11.9. The molecule has 0 saturated heterocycles. The Morgan fingerprint density at radius 3 is 2.33 bits per heavy atom. The number of halogens is 1. The quantitative estimate of drug-likeness (QED) is 0.761. The fourth-order valence-electron chi connectivity index (χ4n) is 1.50. The minimum absolute atomic E-state index is 0. The molecule has 0 amide bonds. The van der Waals surface area contributed by atoms with Crippen LogP contribution in [-0.4, -0.2) is 5.11 Å². The Balaban J connectivity index is 0.00000196. The van der Waals surface area contributed by atoms with Gasteiger partial charge < -0.3 is 10.8 Å². The van der Waals surface area contributed by atoms with Gasteiger partial charge in [0, 0.05) is 6.04 Å². The van der Waals surface area contributed by atoms with Crippen molar-refractivity contribution in [2.45, 2.75) is 38.6 Å². The number of phenolic OH excluding ortho intramolecular Hbond substituents is 1. The lowest BCUT2D eigenvalue weighted by molar-refractivity contribution is 0.474. The lowest BCUT2D eigenvalue weighted by Gasteiger charge is -2.11. The molecule has 0 aliphatic carbocycles. The Kier molecular flexibility index (Phi) is 7.18. The first kappa shape index (κ1) is 14.3. The minimum Gasteiger partial charge on any atom is -0.508 e. The summed E-state index contributed by atoms with van der Waals surface area (Å²) in [6.45, 7) is 2.19. The van der Waals surface area contributed by atoms with E-state index in [1.807, 2.05) is 12.1 Å². The first-order valence-electron chi connectivity index (χ1n) is 5.28. The van der Waals surface area contributed by atoms with E-state index in [-0.39, 0.29) is 18.4 Å². The van der Waals surface area contributed by atoms with E-state index in [1.165, 1.54) is 19.3 Å². The molecule has 15 heavy (non-hydrogen) atoms. The van der Waals surface area contributed by atoms with Gasteiger partial charge in [0.1, 0.15) is 5.75 Å². The van der Waals surface area contributed by atoms with Crippen LogP contribution in [0.4, 0.5) is 0 Å². The van der Waals surface area contributed by atoms with Gasteiger partial charge in [0.2, 0.25) is 0 Å². The Morgan fingerprint density at radius 2 is 1.80 bits per heavy atom. The van der Waals surface area contributed by atoms with Gasteiger partial charge in [-0.25, -0.2) is 0 Å².